The molecular weight excluding hydrogens is 218 g/mol. The zero-order chi connectivity index (χ0) is 11.0. The van der Waals surface area contributed by atoms with Crippen LogP contribution in [-0.2, 0) is 0 Å². The van der Waals surface area contributed by atoms with Crippen LogP contribution in [0.5, 0.6) is 17.2 Å². The van der Waals surface area contributed by atoms with Crippen LogP contribution < -0.4 is 15.2 Å². The van der Waals surface area contributed by atoms with E-state index in [1.54, 1.807) is 6.92 Å². The lowest BCUT2D eigenvalue weighted by Crippen LogP contribution is -2.19. The number of aromatic hydroxyl groups is 1. The molecule has 15 heavy (non-hydrogen) atoms. The van der Waals surface area contributed by atoms with E-state index in [-0.39, 0.29) is 16.8 Å². The Kier molecular flexibility index (Phi) is 2.63. The maximum Gasteiger partial charge on any atom is 0.167 e. The molecule has 0 saturated carbocycles. The molecule has 1 aromatic carbocycles. The standard InChI is InChI=1S/C10H12ClNO3/c1-5(12)8-9(11)6(13)4-7-10(8)15-3-2-14-7/h4-5,13H,2-3,12H2,1H3. The van der Waals surface area contributed by atoms with Gasteiger partial charge in [0.15, 0.2) is 11.5 Å². The third-order valence-electron chi connectivity index (χ3n) is 2.24. The van der Waals surface area contributed by atoms with Crippen molar-refractivity contribution in [2.24, 2.45) is 5.73 Å². The Hall–Kier alpha value is -1.13. The normalized spacial score (nSPS) is 16.2. The molecule has 1 aliphatic heterocycles. The maximum atomic E-state index is 9.58. The molecule has 0 radical (unpaired) electrons. The number of benzene rings is 1. The number of ether oxygens (including phenoxy) is 2. The second kappa shape index (κ2) is 3.79. The molecular formula is C10H12ClNO3. The highest BCUT2D eigenvalue weighted by Gasteiger charge is 2.23. The molecule has 0 spiro atoms. The lowest BCUT2D eigenvalue weighted by atomic mass is 10.1. The van der Waals surface area contributed by atoms with E-state index in [0.717, 1.165) is 0 Å². The van der Waals surface area contributed by atoms with Crippen molar-refractivity contribution in [1.82, 2.24) is 0 Å². The van der Waals surface area contributed by atoms with Crippen molar-refractivity contribution in [3.8, 4) is 17.2 Å². The first-order valence-electron chi connectivity index (χ1n) is 4.67. The summed E-state index contributed by atoms with van der Waals surface area (Å²) in [4.78, 5) is 0. The summed E-state index contributed by atoms with van der Waals surface area (Å²) >= 11 is 5.96. The topological polar surface area (TPSA) is 64.7 Å². The zero-order valence-electron chi connectivity index (χ0n) is 8.29. The Bertz CT molecular complexity index is 393. The number of hydrogen-bond acceptors (Lipinski definition) is 4. The second-order valence-corrected chi connectivity index (χ2v) is 3.81. The van der Waals surface area contributed by atoms with Crippen molar-refractivity contribution >= 4 is 11.6 Å². The van der Waals surface area contributed by atoms with E-state index in [2.05, 4.69) is 0 Å². The zero-order valence-corrected chi connectivity index (χ0v) is 9.04. The fourth-order valence-corrected chi connectivity index (χ4v) is 1.89. The minimum atomic E-state index is -0.319. The number of phenols is 1. The smallest absolute Gasteiger partial charge is 0.167 e. The monoisotopic (exact) mass is 229 g/mol. The molecule has 82 valence electrons. The highest BCUT2D eigenvalue weighted by atomic mass is 35.5. The summed E-state index contributed by atoms with van der Waals surface area (Å²) in [5.41, 5.74) is 6.37. The molecule has 1 heterocycles. The minimum Gasteiger partial charge on any atom is -0.506 e. The molecule has 1 aliphatic rings. The molecule has 2 rings (SSSR count). The minimum absolute atomic E-state index is 0.0341. The molecule has 0 aliphatic carbocycles. The molecule has 1 unspecified atom stereocenters. The molecule has 4 nitrogen and oxygen atoms in total. The summed E-state index contributed by atoms with van der Waals surface area (Å²) < 4.78 is 10.8. The first kappa shape index (κ1) is 10.4. The third-order valence-corrected chi connectivity index (χ3v) is 2.64. The SMILES string of the molecule is CC(N)c1c(Cl)c(O)cc2c1OCCO2. The van der Waals surface area contributed by atoms with Crippen molar-refractivity contribution in [2.45, 2.75) is 13.0 Å². The van der Waals surface area contributed by atoms with Gasteiger partial charge in [-0.25, -0.2) is 0 Å². The predicted octanol–water partition coefficient (Wildman–Crippen LogP) is 1.84. The molecule has 0 fully saturated rings. The van der Waals surface area contributed by atoms with Crippen LogP contribution in [0.25, 0.3) is 0 Å². The van der Waals surface area contributed by atoms with Crippen LogP contribution >= 0.6 is 11.6 Å². The lowest BCUT2D eigenvalue weighted by Gasteiger charge is -2.23. The van der Waals surface area contributed by atoms with Crippen LogP contribution in [0.3, 0.4) is 0 Å². The van der Waals surface area contributed by atoms with E-state index in [1.165, 1.54) is 6.07 Å². The highest BCUT2D eigenvalue weighted by molar-refractivity contribution is 6.33. The van der Waals surface area contributed by atoms with Gasteiger partial charge >= 0.3 is 0 Å². The quantitative estimate of drug-likeness (QED) is 0.771. The van der Waals surface area contributed by atoms with Gasteiger partial charge in [0, 0.05) is 17.7 Å². The first-order chi connectivity index (χ1) is 7.11. The fraction of sp³-hybridized carbons (Fsp3) is 0.400. The Morgan fingerprint density at radius 3 is 2.80 bits per heavy atom. The van der Waals surface area contributed by atoms with Gasteiger partial charge in [0.1, 0.15) is 19.0 Å². The molecule has 1 atom stereocenters. The molecule has 0 aromatic heterocycles. The molecule has 0 bridgehead atoms. The largest absolute Gasteiger partial charge is 0.506 e. The second-order valence-electron chi connectivity index (χ2n) is 3.44. The van der Waals surface area contributed by atoms with Gasteiger partial charge in [-0.05, 0) is 6.92 Å². The van der Waals surface area contributed by atoms with Crippen molar-refractivity contribution in [3.05, 3.63) is 16.7 Å². The molecule has 5 heteroatoms. The van der Waals surface area contributed by atoms with Crippen LogP contribution in [0.4, 0.5) is 0 Å². The average Bonchev–Trinajstić information content (AvgIpc) is 2.19. The summed E-state index contributed by atoms with van der Waals surface area (Å²) in [6.45, 7) is 2.71. The summed E-state index contributed by atoms with van der Waals surface area (Å²) in [5, 5.41) is 9.81. The van der Waals surface area contributed by atoms with Crippen molar-refractivity contribution < 1.29 is 14.6 Å². The van der Waals surface area contributed by atoms with Crippen LogP contribution in [0.1, 0.15) is 18.5 Å². The number of phenolic OH excluding ortho intramolecular Hbond substituents is 1. The van der Waals surface area contributed by atoms with E-state index in [1.807, 2.05) is 0 Å². The molecule has 1 aromatic rings. The van der Waals surface area contributed by atoms with Crippen LogP contribution in [0, 0.1) is 0 Å². The van der Waals surface area contributed by atoms with Gasteiger partial charge < -0.3 is 20.3 Å². The van der Waals surface area contributed by atoms with Gasteiger partial charge in [-0.2, -0.15) is 0 Å². The van der Waals surface area contributed by atoms with E-state index in [9.17, 15) is 5.11 Å². The van der Waals surface area contributed by atoms with E-state index >= 15 is 0 Å². The fourth-order valence-electron chi connectivity index (χ4n) is 1.58. The predicted molar refractivity (Wildman–Crippen MR) is 56.7 cm³/mol. The van der Waals surface area contributed by atoms with Gasteiger partial charge in [-0.3, -0.25) is 0 Å². The van der Waals surface area contributed by atoms with Gasteiger partial charge in [0.25, 0.3) is 0 Å². The number of rotatable bonds is 1. The summed E-state index contributed by atoms with van der Waals surface area (Å²) in [6, 6.07) is 1.13. The van der Waals surface area contributed by atoms with E-state index in [0.29, 0.717) is 30.3 Å². The summed E-state index contributed by atoms with van der Waals surface area (Å²) in [7, 11) is 0. The summed E-state index contributed by atoms with van der Waals surface area (Å²) in [6.07, 6.45) is 0. The number of halogens is 1. The lowest BCUT2D eigenvalue weighted by molar-refractivity contribution is 0.168. The van der Waals surface area contributed by atoms with Crippen molar-refractivity contribution in [2.75, 3.05) is 13.2 Å². The number of fused-ring (bicyclic) bond motifs is 1. The number of hydrogen-bond donors (Lipinski definition) is 2. The van der Waals surface area contributed by atoms with Crippen LogP contribution in [-0.4, -0.2) is 18.3 Å². The summed E-state index contributed by atoms with van der Waals surface area (Å²) in [5.74, 6) is 1.00. The Morgan fingerprint density at radius 2 is 2.13 bits per heavy atom. The highest BCUT2D eigenvalue weighted by Crippen LogP contribution is 2.45. The molecule has 0 amide bonds. The Labute approximate surface area is 92.5 Å². The average molecular weight is 230 g/mol. The van der Waals surface area contributed by atoms with Crippen LogP contribution in [0.15, 0.2) is 6.07 Å². The van der Waals surface area contributed by atoms with Gasteiger partial charge in [0.05, 0.1) is 5.02 Å². The Morgan fingerprint density at radius 1 is 1.47 bits per heavy atom. The van der Waals surface area contributed by atoms with Gasteiger partial charge in [-0.1, -0.05) is 11.6 Å². The van der Waals surface area contributed by atoms with Crippen molar-refractivity contribution in [3.63, 3.8) is 0 Å². The Balaban J connectivity index is 2.63. The molecule has 3 N–H and O–H groups in total. The maximum absolute atomic E-state index is 9.58. The molecule has 0 saturated heterocycles. The van der Waals surface area contributed by atoms with Crippen molar-refractivity contribution in [1.29, 1.82) is 0 Å². The van der Waals surface area contributed by atoms with Gasteiger partial charge in [-0.15, -0.1) is 0 Å². The third kappa shape index (κ3) is 1.70. The van der Waals surface area contributed by atoms with Crippen LogP contribution in [0.2, 0.25) is 5.02 Å². The van der Waals surface area contributed by atoms with Gasteiger partial charge in [0.2, 0.25) is 0 Å². The van der Waals surface area contributed by atoms with E-state index in [4.69, 9.17) is 26.8 Å². The number of nitrogens with two attached hydrogens (primary N) is 1. The first-order valence-corrected chi connectivity index (χ1v) is 5.05. The van der Waals surface area contributed by atoms with E-state index < -0.39 is 0 Å².